The molecule has 0 bridgehead atoms. The SMILES string of the molecule is c1ccc2c(c1)ccc1c3cc4c5ccccc5oc4c4ccn(c21)c34. The Bertz CT molecular complexity index is 1620. The van der Waals surface area contributed by atoms with Crippen LogP contribution in [-0.4, -0.2) is 4.40 Å². The second-order valence-corrected chi connectivity index (χ2v) is 7.03. The Morgan fingerprint density at radius 2 is 1.38 bits per heavy atom. The highest BCUT2D eigenvalue weighted by atomic mass is 16.3. The molecule has 7 rings (SSSR count). The molecular formula is C24H13NO. The summed E-state index contributed by atoms with van der Waals surface area (Å²) in [7, 11) is 0. The highest BCUT2D eigenvalue weighted by Crippen LogP contribution is 2.42. The lowest BCUT2D eigenvalue weighted by Gasteiger charge is -2.00. The van der Waals surface area contributed by atoms with Crippen molar-refractivity contribution >= 4 is 59.9 Å². The van der Waals surface area contributed by atoms with Crippen LogP contribution in [-0.2, 0) is 0 Å². The van der Waals surface area contributed by atoms with Crippen LogP contribution in [0.25, 0.3) is 59.9 Å². The number of nitrogens with zero attached hydrogens (tertiary/aromatic N) is 1. The van der Waals surface area contributed by atoms with Gasteiger partial charge in [0.25, 0.3) is 0 Å². The molecule has 4 aromatic carbocycles. The van der Waals surface area contributed by atoms with Crippen LogP contribution in [0.5, 0.6) is 0 Å². The van der Waals surface area contributed by atoms with Crippen LogP contribution in [0, 0.1) is 0 Å². The van der Waals surface area contributed by atoms with Crippen molar-refractivity contribution in [3.8, 4) is 0 Å². The zero-order chi connectivity index (χ0) is 16.8. The summed E-state index contributed by atoms with van der Waals surface area (Å²) in [5, 5.41) is 8.73. The topological polar surface area (TPSA) is 17.6 Å². The van der Waals surface area contributed by atoms with Crippen molar-refractivity contribution in [3.63, 3.8) is 0 Å². The summed E-state index contributed by atoms with van der Waals surface area (Å²) in [6, 6.07) is 25.9. The fourth-order valence-electron chi connectivity index (χ4n) is 4.64. The van der Waals surface area contributed by atoms with Gasteiger partial charge in [-0.05, 0) is 23.6 Å². The Labute approximate surface area is 148 Å². The van der Waals surface area contributed by atoms with Gasteiger partial charge in [0.1, 0.15) is 11.2 Å². The largest absolute Gasteiger partial charge is 0.455 e. The minimum Gasteiger partial charge on any atom is -0.455 e. The van der Waals surface area contributed by atoms with Crippen LogP contribution in [0.15, 0.2) is 83.4 Å². The average molecular weight is 331 g/mol. The van der Waals surface area contributed by atoms with Crippen molar-refractivity contribution in [2.24, 2.45) is 0 Å². The number of hydrogen-bond donors (Lipinski definition) is 0. The molecule has 3 aromatic heterocycles. The molecular weight excluding hydrogens is 318 g/mol. The van der Waals surface area contributed by atoms with Gasteiger partial charge in [-0.15, -0.1) is 0 Å². The van der Waals surface area contributed by atoms with Crippen LogP contribution in [0.2, 0.25) is 0 Å². The Morgan fingerprint density at radius 1 is 0.577 bits per heavy atom. The molecule has 7 aromatic rings. The molecule has 2 heteroatoms. The van der Waals surface area contributed by atoms with Gasteiger partial charge in [0.2, 0.25) is 0 Å². The van der Waals surface area contributed by atoms with Gasteiger partial charge in [-0.25, -0.2) is 0 Å². The summed E-state index contributed by atoms with van der Waals surface area (Å²) in [5.41, 5.74) is 4.47. The van der Waals surface area contributed by atoms with Crippen molar-refractivity contribution in [1.82, 2.24) is 4.40 Å². The highest BCUT2D eigenvalue weighted by molar-refractivity contribution is 6.28. The van der Waals surface area contributed by atoms with Crippen molar-refractivity contribution in [1.29, 1.82) is 0 Å². The molecule has 0 spiro atoms. The smallest absolute Gasteiger partial charge is 0.144 e. The molecule has 0 aliphatic heterocycles. The van der Waals surface area contributed by atoms with E-state index in [2.05, 4.69) is 71.3 Å². The first-order chi connectivity index (χ1) is 12.9. The lowest BCUT2D eigenvalue weighted by atomic mass is 10.0. The molecule has 120 valence electrons. The zero-order valence-corrected chi connectivity index (χ0v) is 13.9. The van der Waals surface area contributed by atoms with Gasteiger partial charge in [-0.1, -0.05) is 54.6 Å². The fraction of sp³-hybridized carbons (Fsp3) is 0. The lowest BCUT2D eigenvalue weighted by Crippen LogP contribution is -1.79. The number of fused-ring (bicyclic) bond motifs is 9. The molecule has 0 atom stereocenters. The molecule has 0 aliphatic carbocycles. The summed E-state index contributed by atoms with van der Waals surface area (Å²) < 4.78 is 8.56. The normalized spacial score (nSPS) is 12.6. The Morgan fingerprint density at radius 3 is 2.35 bits per heavy atom. The van der Waals surface area contributed by atoms with E-state index in [0.29, 0.717) is 0 Å². The van der Waals surface area contributed by atoms with E-state index >= 15 is 0 Å². The van der Waals surface area contributed by atoms with E-state index in [-0.39, 0.29) is 0 Å². The molecule has 3 heterocycles. The minimum absolute atomic E-state index is 0.952. The first kappa shape index (κ1) is 12.8. The summed E-state index contributed by atoms with van der Waals surface area (Å²) in [6.45, 7) is 0. The Balaban J connectivity index is 1.84. The molecule has 2 nitrogen and oxygen atoms in total. The molecule has 0 aliphatic rings. The average Bonchev–Trinajstić information content (AvgIpc) is 3.36. The number of para-hydroxylation sites is 1. The monoisotopic (exact) mass is 331 g/mol. The molecule has 0 unspecified atom stereocenters. The predicted octanol–water partition coefficient (Wildman–Crippen LogP) is 6.74. The summed E-state index contributed by atoms with van der Waals surface area (Å²) in [5.74, 6) is 0. The van der Waals surface area contributed by atoms with E-state index in [1.165, 1.54) is 48.7 Å². The van der Waals surface area contributed by atoms with E-state index in [4.69, 9.17) is 4.42 Å². The number of aromatic nitrogens is 1. The second-order valence-electron chi connectivity index (χ2n) is 7.03. The maximum Gasteiger partial charge on any atom is 0.144 e. The van der Waals surface area contributed by atoms with E-state index in [1.54, 1.807) is 0 Å². The maximum atomic E-state index is 6.23. The van der Waals surface area contributed by atoms with Gasteiger partial charge in [-0.2, -0.15) is 0 Å². The predicted molar refractivity (Wildman–Crippen MR) is 108 cm³/mol. The van der Waals surface area contributed by atoms with Crippen molar-refractivity contribution in [2.75, 3.05) is 0 Å². The number of hydrogen-bond acceptors (Lipinski definition) is 1. The molecule has 0 N–H and O–H groups in total. The van der Waals surface area contributed by atoms with Crippen LogP contribution in [0.3, 0.4) is 0 Å². The minimum atomic E-state index is 0.952. The molecule has 0 saturated heterocycles. The van der Waals surface area contributed by atoms with Crippen LogP contribution in [0.1, 0.15) is 0 Å². The number of rotatable bonds is 0. The molecule has 26 heavy (non-hydrogen) atoms. The second kappa shape index (κ2) is 4.17. The summed E-state index contributed by atoms with van der Waals surface area (Å²) >= 11 is 0. The van der Waals surface area contributed by atoms with Crippen molar-refractivity contribution < 1.29 is 4.42 Å². The Kier molecular flexibility index (Phi) is 2.05. The highest BCUT2D eigenvalue weighted by Gasteiger charge is 2.19. The fourth-order valence-corrected chi connectivity index (χ4v) is 4.64. The van der Waals surface area contributed by atoms with E-state index < -0.39 is 0 Å². The van der Waals surface area contributed by atoms with Gasteiger partial charge in [0, 0.05) is 38.5 Å². The van der Waals surface area contributed by atoms with Gasteiger partial charge >= 0.3 is 0 Å². The molecule has 0 fully saturated rings. The van der Waals surface area contributed by atoms with Crippen molar-refractivity contribution in [2.45, 2.75) is 0 Å². The zero-order valence-electron chi connectivity index (χ0n) is 13.9. The third-order valence-corrected chi connectivity index (χ3v) is 5.74. The standard InChI is InChI=1S/C24H13NO/c1-2-6-15-14(5-1)9-10-17-19-13-20-16-7-3-4-8-21(16)26-24(20)18-11-12-25(22(15)17)23(18)19/h1-13H. The lowest BCUT2D eigenvalue weighted by molar-refractivity contribution is 0.673. The Hall–Kier alpha value is -3.52. The van der Waals surface area contributed by atoms with Gasteiger partial charge < -0.3 is 8.82 Å². The number of benzene rings is 4. The first-order valence-electron chi connectivity index (χ1n) is 8.88. The summed E-state index contributed by atoms with van der Waals surface area (Å²) in [4.78, 5) is 0. The summed E-state index contributed by atoms with van der Waals surface area (Å²) in [6.07, 6.45) is 2.18. The van der Waals surface area contributed by atoms with Gasteiger partial charge in [0.05, 0.1) is 11.0 Å². The van der Waals surface area contributed by atoms with E-state index in [9.17, 15) is 0 Å². The maximum absolute atomic E-state index is 6.23. The molecule has 0 amide bonds. The first-order valence-corrected chi connectivity index (χ1v) is 8.88. The van der Waals surface area contributed by atoms with Crippen molar-refractivity contribution in [3.05, 3.63) is 79.0 Å². The third kappa shape index (κ3) is 1.33. The van der Waals surface area contributed by atoms with Gasteiger partial charge in [-0.3, -0.25) is 0 Å². The van der Waals surface area contributed by atoms with Crippen LogP contribution >= 0.6 is 0 Å². The number of furan rings is 1. The van der Waals surface area contributed by atoms with Crippen LogP contribution < -0.4 is 0 Å². The quantitative estimate of drug-likeness (QED) is 0.301. The third-order valence-electron chi connectivity index (χ3n) is 5.74. The van der Waals surface area contributed by atoms with E-state index in [1.807, 2.05) is 12.1 Å². The van der Waals surface area contributed by atoms with E-state index in [0.717, 1.165) is 11.2 Å². The van der Waals surface area contributed by atoms with Crippen LogP contribution in [0.4, 0.5) is 0 Å². The molecule has 0 saturated carbocycles. The van der Waals surface area contributed by atoms with Gasteiger partial charge in [0.15, 0.2) is 0 Å². The molecule has 0 radical (unpaired) electrons.